The zero-order chi connectivity index (χ0) is 49.2. The van der Waals surface area contributed by atoms with E-state index in [0.29, 0.717) is 29.9 Å². The average Bonchev–Trinajstić information content (AvgIpc) is 3.90. The van der Waals surface area contributed by atoms with Gasteiger partial charge in [-0.15, -0.1) is 0 Å². The van der Waals surface area contributed by atoms with Gasteiger partial charge in [0.2, 0.25) is 0 Å². The van der Waals surface area contributed by atoms with Gasteiger partial charge in [0.1, 0.15) is 40.4 Å². The van der Waals surface area contributed by atoms with Crippen LogP contribution in [0.4, 0.5) is 15.4 Å². The first-order valence-electron chi connectivity index (χ1n) is 22.7. The number of nitrogens with one attached hydrogen (secondary N) is 2. The van der Waals surface area contributed by atoms with E-state index in [9.17, 15) is 14.4 Å². The molecule has 1 aliphatic rings. The van der Waals surface area contributed by atoms with Gasteiger partial charge in [0.15, 0.2) is 5.82 Å². The molecule has 15 nitrogen and oxygen atoms in total. The molecule has 4 aromatic carbocycles. The molecule has 7 rings (SSSR count). The van der Waals surface area contributed by atoms with Gasteiger partial charge in [-0.2, -0.15) is 0 Å². The monoisotopic (exact) mass is 928 g/mol. The Morgan fingerprint density at radius 1 is 0.809 bits per heavy atom. The third-order valence-electron chi connectivity index (χ3n) is 11.3. The number of hydrogen-bond donors (Lipinski definition) is 4. The lowest BCUT2D eigenvalue weighted by molar-refractivity contribution is -0.140. The first kappa shape index (κ1) is 50.4. The smallest absolute Gasteiger partial charge is 0.411 e. The van der Waals surface area contributed by atoms with Crippen molar-refractivity contribution >= 4 is 35.0 Å². The van der Waals surface area contributed by atoms with Crippen molar-refractivity contribution in [3.63, 3.8) is 0 Å². The van der Waals surface area contributed by atoms with Crippen LogP contribution in [0.3, 0.4) is 0 Å². The number of aliphatic carboxylic acids is 1. The van der Waals surface area contributed by atoms with Gasteiger partial charge in [0, 0.05) is 18.2 Å². The molecule has 0 aliphatic carbocycles. The summed E-state index contributed by atoms with van der Waals surface area (Å²) < 4.78 is 30.6. The summed E-state index contributed by atoms with van der Waals surface area (Å²) in [5.74, 6) is -0.156. The fourth-order valence-electron chi connectivity index (χ4n) is 8.21. The number of ether oxygens (including phenoxy) is 5. The maximum Gasteiger partial charge on any atom is 0.411 e. The molecule has 0 spiro atoms. The van der Waals surface area contributed by atoms with Gasteiger partial charge in [0.05, 0.1) is 44.0 Å². The molecule has 360 valence electrons. The minimum atomic E-state index is -1.06. The number of aromatic amines is 1. The summed E-state index contributed by atoms with van der Waals surface area (Å²) in [6.07, 6.45) is 2.10. The van der Waals surface area contributed by atoms with Gasteiger partial charge in [-0.1, -0.05) is 117 Å². The molecule has 1 fully saturated rings. The Kier molecular flexibility index (Phi) is 16.1. The van der Waals surface area contributed by atoms with Crippen molar-refractivity contribution < 1.29 is 43.2 Å². The number of nitrogen functional groups attached to an aromatic ring is 1. The Morgan fingerprint density at radius 3 is 1.84 bits per heavy atom. The molecular weight excluding hydrogens is 865 g/mol. The van der Waals surface area contributed by atoms with Crippen LogP contribution in [0, 0.1) is 5.92 Å². The van der Waals surface area contributed by atoms with Crippen molar-refractivity contribution in [2.24, 2.45) is 5.92 Å². The van der Waals surface area contributed by atoms with Crippen LogP contribution in [-0.2, 0) is 35.9 Å². The Labute approximate surface area is 398 Å². The van der Waals surface area contributed by atoms with E-state index >= 15 is 0 Å². The topological polar surface area (TPSA) is 200 Å². The summed E-state index contributed by atoms with van der Waals surface area (Å²) in [7, 11) is 1.64. The second-order valence-electron chi connectivity index (χ2n) is 18.9. The molecular formula is C53H64N6O9. The van der Waals surface area contributed by atoms with Crippen LogP contribution in [-0.4, -0.2) is 86.2 Å². The van der Waals surface area contributed by atoms with Gasteiger partial charge in [0.25, 0.3) is 0 Å². The van der Waals surface area contributed by atoms with Gasteiger partial charge < -0.3 is 44.8 Å². The summed E-state index contributed by atoms with van der Waals surface area (Å²) in [5, 5.41) is 11.1. The number of hydrogen-bond acceptors (Lipinski definition) is 11. The van der Waals surface area contributed by atoms with Crippen molar-refractivity contribution in [3.8, 4) is 5.75 Å². The molecule has 15 heteroatoms. The van der Waals surface area contributed by atoms with Crippen LogP contribution < -0.4 is 15.8 Å². The Bertz CT molecular complexity index is 2480. The number of carbonyl (C=O) groups is 3. The Hall–Kier alpha value is -6.97. The van der Waals surface area contributed by atoms with Crippen LogP contribution in [0.1, 0.15) is 95.7 Å². The number of methoxy groups -OCH3 is 1. The lowest BCUT2D eigenvalue weighted by atomic mass is 9.80. The zero-order valence-electron chi connectivity index (χ0n) is 40.3. The molecule has 0 bridgehead atoms. The number of alkyl carbamates (subject to hydrolysis) is 1. The maximum atomic E-state index is 14.5. The summed E-state index contributed by atoms with van der Waals surface area (Å²) in [5.41, 5.74) is 9.72. The molecule has 1 aliphatic heterocycles. The quantitative estimate of drug-likeness (QED) is 0.0755. The van der Waals surface area contributed by atoms with E-state index in [-0.39, 0.29) is 12.5 Å². The lowest BCUT2D eigenvalue weighted by Gasteiger charge is -2.39. The highest BCUT2D eigenvalue weighted by molar-refractivity contribution is 5.88. The number of nitrogens with two attached hydrogens (primary N) is 1. The van der Waals surface area contributed by atoms with Crippen molar-refractivity contribution in [3.05, 3.63) is 156 Å². The molecule has 5 N–H and O–H groups in total. The summed E-state index contributed by atoms with van der Waals surface area (Å²) >= 11 is 0. The molecule has 68 heavy (non-hydrogen) atoms. The number of fused-ring (bicyclic) bond motifs is 1. The first-order chi connectivity index (χ1) is 32.3. The second-order valence-corrected chi connectivity index (χ2v) is 18.9. The number of benzene rings is 4. The Morgan fingerprint density at radius 2 is 1.35 bits per heavy atom. The minimum Gasteiger partial charge on any atom is -0.497 e. The molecule has 2 amide bonds. The summed E-state index contributed by atoms with van der Waals surface area (Å²) in [6.45, 7) is 14.6. The lowest BCUT2D eigenvalue weighted by Crippen LogP contribution is -2.48. The predicted molar refractivity (Wildman–Crippen MR) is 260 cm³/mol. The molecule has 2 aromatic heterocycles. The van der Waals surface area contributed by atoms with Gasteiger partial charge in [-0.25, -0.2) is 24.4 Å². The third-order valence-corrected chi connectivity index (χ3v) is 11.3. The molecule has 1 saturated heterocycles. The number of amides is 2. The van der Waals surface area contributed by atoms with E-state index in [1.54, 1.807) is 46.6 Å². The minimum absolute atomic E-state index is 0.112. The number of anilines is 1. The number of carbonyl (C=O) groups excluding carboxylic acids is 2. The highest BCUT2D eigenvalue weighted by Gasteiger charge is 2.50. The highest BCUT2D eigenvalue weighted by Crippen LogP contribution is 2.45. The van der Waals surface area contributed by atoms with Crippen molar-refractivity contribution in [1.82, 2.24) is 25.2 Å². The van der Waals surface area contributed by atoms with Crippen molar-refractivity contribution in [1.29, 1.82) is 0 Å². The number of likely N-dealkylation sites (tertiary alicyclic amines) is 1. The molecule has 6 aromatic rings. The number of rotatable bonds is 14. The molecule has 4 atom stereocenters. The van der Waals surface area contributed by atoms with Crippen molar-refractivity contribution in [2.45, 2.75) is 109 Å². The van der Waals surface area contributed by atoms with E-state index in [1.165, 1.54) is 6.33 Å². The zero-order valence-corrected chi connectivity index (χ0v) is 40.3. The van der Waals surface area contributed by atoms with Gasteiger partial charge in [-0.3, -0.25) is 4.90 Å². The largest absolute Gasteiger partial charge is 0.497 e. The van der Waals surface area contributed by atoms with Crippen LogP contribution >= 0.6 is 0 Å². The SMILES string of the molecule is CC(C)[C@H](NC(=O)OC(C)(C)C)C(=O)O.COc1ccc(CO[C@H]2CC(c3c[nH]c4c(N)ncnc34)N(C(=O)OC(C)(C)C)C2COC(c2ccccc2)(c2ccccc2)c2ccccc2)cc1. The van der Waals surface area contributed by atoms with E-state index in [0.717, 1.165) is 33.6 Å². The second kappa shape index (κ2) is 21.8. The van der Waals surface area contributed by atoms with Crippen LogP contribution in [0.5, 0.6) is 5.75 Å². The van der Waals surface area contributed by atoms with Crippen LogP contribution in [0.2, 0.25) is 0 Å². The van der Waals surface area contributed by atoms with Gasteiger partial charge >= 0.3 is 18.2 Å². The van der Waals surface area contributed by atoms with E-state index in [2.05, 4.69) is 56.7 Å². The number of carboxylic acid groups (broad SMARTS) is 1. The average molecular weight is 929 g/mol. The predicted octanol–water partition coefficient (Wildman–Crippen LogP) is 9.81. The molecule has 2 unspecified atom stereocenters. The van der Waals surface area contributed by atoms with Crippen LogP contribution in [0.25, 0.3) is 11.0 Å². The third kappa shape index (κ3) is 12.3. The van der Waals surface area contributed by atoms with Crippen LogP contribution in [0.15, 0.2) is 128 Å². The first-order valence-corrected chi connectivity index (χ1v) is 22.7. The summed E-state index contributed by atoms with van der Waals surface area (Å²) in [4.78, 5) is 50.4. The highest BCUT2D eigenvalue weighted by atomic mass is 16.6. The maximum absolute atomic E-state index is 14.5. The standard InChI is InChI=1S/C43H45N5O5.C10H19NO4/c1-42(2,3)53-41(49)48-35(34-25-45-39-38(34)46-28-47-40(39)44)24-37(51-26-29-20-22-33(50-4)23-21-29)36(48)27-52-43(30-14-8-5-9-15-30,31-16-10-6-11-17-31)32-18-12-7-13-19-32;1-6(2)7(8(12)13)11-9(14)15-10(3,4)5/h5-23,25,28,35-37,45H,24,26-27H2,1-4H3,(H2,44,46,47);6-7H,1-5H3,(H,11,14)(H,12,13)/t35?,36?,37-;7-/m00/s1. The Balaban J connectivity index is 0.000000438. The molecule has 0 radical (unpaired) electrons. The molecule has 0 saturated carbocycles. The van der Waals surface area contributed by atoms with E-state index in [1.807, 2.05) is 106 Å². The number of carboxylic acids is 1. The van der Waals surface area contributed by atoms with E-state index in [4.69, 9.17) is 34.5 Å². The number of aromatic nitrogens is 3. The molecule has 3 heterocycles. The fraction of sp³-hybridized carbons (Fsp3) is 0.377. The normalized spacial score (nSPS) is 16.7. The summed E-state index contributed by atoms with van der Waals surface area (Å²) in [6, 6.07) is 36.4. The van der Waals surface area contributed by atoms with E-state index < -0.39 is 59.2 Å². The fourth-order valence-corrected chi connectivity index (χ4v) is 8.21. The van der Waals surface area contributed by atoms with Crippen molar-refractivity contribution in [2.75, 3.05) is 19.5 Å². The number of nitrogens with zero attached hydrogens (tertiary/aromatic N) is 3. The number of H-pyrrole nitrogens is 1. The van der Waals surface area contributed by atoms with Gasteiger partial charge in [-0.05, 0) is 81.8 Å².